The molecule has 0 spiro atoms. The molecule has 1 rings (SSSR count). The third kappa shape index (κ3) is 5.13. The van der Waals surface area contributed by atoms with Crippen molar-refractivity contribution < 1.29 is 9.53 Å². The van der Waals surface area contributed by atoms with E-state index in [0.717, 1.165) is 32.4 Å². The molecule has 3 nitrogen and oxygen atoms in total. The van der Waals surface area contributed by atoms with Gasteiger partial charge in [0, 0.05) is 18.5 Å². The van der Waals surface area contributed by atoms with Crippen LogP contribution in [0.2, 0.25) is 0 Å². The molecule has 0 N–H and O–H groups in total. The number of carbonyl (C=O) groups excluding carboxylic acids is 1. The molecule has 0 aliphatic carbocycles. The first-order chi connectivity index (χ1) is 9.14. The summed E-state index contributed by atoms with van der Waals surface area (Å²) in [4.78, 5) is 14.8. The van der Waals surface area contributed by atoms with Gasteiger partial charge in [-0.15, -0.1) is 0 Å². The van der Waals surface area contributed by atoms with Gasteiger partial charge in [-0.25, -0.2) is 0 Å². The average Bonchev–Trinajstić information content (AvgIpc) is 2.45. The summed E-state index contributed by atoms with van der Waals surface area (Å²) in [5.74, 6) is 0.361. The Morgan fingerprint density at radius 1 is 1.05 bits per heavy atom. The average molecular weight is 269 g/mol. The Morgan fingerprint density at radius 3 is 2.21 bits per heavy atom. The van der Waals surface area contributed by atoms with E-state index in [1.54, 1.807) is 0 Å². The van der Waals surface area contributed by atoms with Crippen LogP contribution >= 0.6 is 0 Å². The minimum atomic E-state index is -0.150. The van der Waals surface area contributed by atoms with Crippen LogP contribution in [0, 0.1) is 5.41 Å². The van der Waals surface area contributed by atoms with E-state index >= 15 is 0 Å². The minimum absolute atomic E-state index is 0.150. The van der Waals surface area contributed by atoms with Gasteiger partial charge in [0.25, 0.3) is 0 Å². The molecule has 1 unspecified atom stereocenters. The van der Waals surface area contributed by atoms with Crippen LogP contribution in [0.3, 0.4) is 0 Å². The molecule has 1 heterocycles. The molecule has 1 atom stereocenters. The van der Waals surface area contributed by atoms with E-state index in [4.69, 9.17) is 4.74 Å². The van der Waals surface area contributed by atoms with Crippen LogP contribution in [0.5, 0.6) is 0 Å². The van der Waals surface area contributed by atoms with E-state index in [2.05, 4.69) is 20.8 Å². The van der Waals surface area contributed by atoms with E-state index in [1.807, 2.05) is 4.90 Å². The van der Waals surface area contributed by atoms with Crippen molar-refractivity contribution in [3.8, 4) is 0 Å². The summed E-state index contributed by atoms with van der Waals surface area (Å²) in [7, 11) is 0. The summed E-state index contributed by atoms with van der Waals surface area (Å²) in [6, 6.07) is 0. The van der Waals surface area contributed by atoms with Gasteiger partial charge >= 0.3 is 0 Å². The molecule has 1 saturated heterocycles. The molecule has 19 heavy (non-hydrogen) atoms. The molecular weight excluding hydrogens is 238 g/mol. The molecule has 0 aromatic rings. The number of unbranched alkanes of at least 4 members (excludes halogenated alkanes) is 3. The molecule has 0 aromatic carbocycles. The molecule has 0 radical (unpaired) electrons. The number of nitrogens with zero attached hydrogens (tertiary/aromatic N) is 1. The van der Waals surface area contributed by atoms with Crippen molar-refractivity contribution in [2.75, 3.05) is 26.3 Å². The third-order valence-corrected chi connectivity index (χ3v) is 4.23. The third-order valence-electron chi connectivity index (χ3n) is 4.23. The highest BCUT2D eigenvalue weighted by Crippen LogP contribution is 2.33. The van der Waals surface area contributed by atoms with Crippen molar-refractivity contribution in [3.63, 3.8) is 0 Å². The fourth-order valence-corrected chi connectivity index (χ4v) is 2.82. The smallest absolute Gasteiger partial charge is 0.228 e. The topological polar surface area (TPSA) is 29.5 Å². The molecule has 1 amide bonds. The van der Waals surface area contributed by atoms with Crippen molar-refractivity contribution in [1.82, 2.24) is 4.90 Å². The Kier molecular flexibility index (Phi) is 7.44. The van der Waals surface area contributed by atoms with Gasteiger partial charge in [0.1, 0.15) is 0 Å². The number of hydrogen-bond acceptors (Lipinski definition) is 2. The fourth-order valence-electron chi connectivity index (χ4n) is 2.82. The zero-order valence-corrected chi connectivity index (χ0v) is 13.0. The highest BCUT2D eigenvalue weighted by atomic mass is 16.5. The molecular formula is C16H31NO2. The molecule has 1 aliphatic heterocycles. The molecule has 3 heteroatoms. The first-order valence-corrected chi connectivity index (χ1v) is 8.01. The predicted octanol–water partition coefficient (Wildman–Crippen LogP) is 3.62. The summed E-state index contributed by atoms with van der Waals surface area (Å²) in [6.45, 7) is 9.53. The van der Waals surface area contributed by atoms with Crippen LogP contribution in [0.4, 0.5) is 0 Å². The Labute approximate surface area is 118 Å². The number of ether oxygens (including phenoxy) is 1. The number of amides is 1. The fraction of sp³-hybridized carbons (Fsp3) is 0.938. The van der Waals surface area contributed by atoms with Crippen LogP contribution in [0.25, 0.3) is 0 Å². The zero-order chi connectivity index (χ0) is 14.1. The molecule has 0 aromatic heterocycles. The van der Waals surface area contributed by atoms with Gasteiger partial charge in [-0.05, 0) is 12.8 Å². The summed E-state index contributed by atoms with van der Waals surface area (Å²) >= 11 is 0. The lowest BCUT2D eigenvalue weighted by atomic mass is 9.78. The van der Waals surface area contributed by atoms with Gasteiger partial charge in [-0.3, -0.25) is 4.79 Å². The molecule has 112 valence electrons. The van der Waals surface area contributed by atoms with Crippen molar-refractivity contribution in [3.05, 3.63) is 0 Å². The number of morpholine rings is 1. The normalized spacial score (nSPS) is 19.2. The lowest BCUT2D eigenvalue weighted by Crippen LogP contribution is -2.47. The van der Waals surface area contributed by atoms with Crippen molar-refractivity contribution in [1.29, 1.82) is 0 Å². The lowest BCUT2D eigenvalue weighted by Gasteiger charge is -2.36. The van der Waals surface area contributed by atoms with Crippen molar-refractivity contribution >= 4 is 5.91 Å². The Balaban J connectivity index is 2.61. The number of rotatable bonds is 8. The first kappa shape index (κ1) is 16.5. The van der Waals surface area contributed by atoms with Crippen LogP contribution in [-0.2, 0) is 9.53 Å². The maximum atomic E-state index is 12.8. The van der Waals surface area contributed by atoms with E-state index < -0.39 is 0 Å². The van der Waals surface area contributed by atoms with E-state index in [1.165, 1.54) is 25.7 Å². The predicted molar refractivity (Wildman–Crippen MR) is 79.2 cm³/mol. The maximum Gasteiger partial charge on any atom is 0.228 e. The van der Waals surface area contributed by atoms with Gasteiger partial charge in [-0.2, -0.15) is 0 Å². The second-order valence-electron chi connectivity index (χ2n) is 6.03. The number of hydrogen-bond donors (Lipinski definition) is 0. The van der Waals surface area contributed by atoms with Crippen LogP contribution < -0.4 is 0 Å². The zero-order valence-electron chi connectivity index (χ0n) is 13.0. The monoisotopic (exact) mass is 269 g/mol. The molecule has 0 saturated carbocycles. The number of carbonyl (C=O) groups is 1. The molecule has 1 aliphatic rings. The van der Waals surface area contributed by atoms with Crippen LogP contribution in [-0.4, -0.2) is 37.1 Å². The van der Waals surface area contributed by atoms with Crippen molar-refractivity contribution in [2.45, 2.75) is 65.7 Å². The van der Waals surface area contributed by atoms with Gasteiger partial charge in [0.2, 0.25) is 5.91 Å². The largest absolute Gasteiger partial charge is 0.378 e. The van der Waals surface area contributed by atoms with Gasteiger partial charge in [0.15, 0.2) is 0 Å². The SMILES string of the molecule is CCCCCC(C)(CCCC)C(=O)N1CCOCC1. The standard InChI is InChI=1S/C16H31NO2/c1-4-6-8-10-16(3,9-7-5-2)15(18)17-11-13-19-14-12-17/h4-14H2,1-3H3. The summed E-state index contributed by atoms with van der Waals surface area (Å²) in [5, 5.41) is 0. The first-order valence-electron chi connectivity index (χ1n) is 8.01. The Morgan fingerprint density at radius 2 is 1.63 bits per heavy atom. The Hall–Kier alpha value is -0.570. The summed E-state index contributed by atoms with van der Waals surface area (Å²) in [5.41, 5.74) is -0.150. The molecule has 1 fully saturated rings. The van der Waals surface area contributed by atoms with Gasteiger partial charge in [-0.1, -0.05) is 52.9 Å². The molecule has 0 bridgehead atoms. The van der Waals surface area contributed by atoms with Crippen molar-refractivity contribution in [2.24, 2.45) is 5.41 Å². The van der Waals surface area contributed by atoms with E-state index in [-0.39, 0.29) is 5.41 Å². The quantitative estimate of drug-likeness (QED) is 0.630. The highest BCUT2D eigenvalue weighted by Gasteiger charge is 2.35. The minimum Gasteiger partial charge on any atom is -0.378 e. The van der Waals surface area contributed by atoms with Gasteiger partial charge in [0.05, 0.1) is 13.2 Å². The second kappa shape index (κ2) is 8.57. The summed E-state index contributed by atoms with van der Waals surface area (Å²) in [6.07, 6.45) is 8.01. The maximum absolute atomic E-state index is 12.8. The summed E-state index contributed by atoms with van der Waals surface area (Å²) < 4.78 is 5.35. The van der Waals surface area contributed by atoms with Crippen LogP contribution in [0.15, 0.2) is 0 Å². The van der Waals surface area contributed by atoms with Crippen LogP contribution in [0.1, 0.15) is 65.7 Å². The lowest BCUT2D eigenvalue weighted by molar-refractivity contribution is -0.146. The van der Waals surface area contributed by atoms with Gasteiger partial charge < -0.3 is 9.64 Å². The van der Waals surface area contributed by atoms with E-state index in [0.29, 0.717) is 19.1 Å². The highest BCUT2D eigenvalue weighted by molar-refractivity contribution is 5.82. The Bertz CT molecular complexity index is 261. The second-order valence-corrected chi connectivity index (χ2v) is 6.03. The van der Waals surface area contributed by atoms with E-state index in [9.17, 15) is 4.79 Å².